The monoisotopic (exact) mass is 347 g/mol. The van der Waals surface area contributed by atoms with Gasteiger partial charge in [0.1, 0.15) is 18.5 Å². The minimum atomic E-state index is -0.716. The Kier molecular flexibility index (Phi) is 5.07. The van der Waals surface area contributed by atoms with E-state index in [0.717, 1.165) is 30.6 Å². The summed E-state index contributed by atoms with van der Waals surface area (Å²) in [7, 11) is 0. The fourth-order valence-electron chi connectivity index (χ4n) is 3.87. The number of aliphatic carboxylic acids is 1. The fraction of sp³-hybridized carbons (Fsp3) is 0.650. The van der Waals surface area contributed by atoms with Gasteiger partial charge >= 0.3 is 5.97 Å². The maximum absolute atomic E-state index is 11.2. The van der Waals surface area contributed by atoms with Gasteiger partial charge in [0, 0.05) is 11.6 Å². The molecule has 1 fully saturated rings. The number of aliphatic hydroxyl groups is 1. The van der Waals surface area contributed by atoms with Gasteiger partial charge in [-0.25, -0.2) is 0 Å². The average molecular weight is 347 g/mol. The summed E-state index contributed by atoms with van der Waals surface area (Å²) >= 11 is 0. The summed E-state index contributed by atoms with van der Waals surface area (Å²) in [5, 5.41) is 23.4. The van der Waals surface area contributed by atoms with Crippen molar-refractivity contribution in [3.8, 4) is 5.75 Å². The Morgan fingerprint density at radius 1 is 1.28 bits per heavy atom. The zero-order chi connectivity index (χ0) is 18.2. The van der Waals surface area contributed by atoms with Crippen LogP contribution in [-0.2, 0) is 10.2 Å². The Balaban J connectivity index is 1.69. The van der Waals surface area contributed by atoms with Gasteiger partial charge in [0.05, 0.1) is 12.0 Å². The van der Waals surface area contributed by atoms with Gasteiger partial charge in [0.25, 0.3) is 0 Å². The lowest BCUT2D eigenvalue weighted by Crippen LogP contribution is -2.49. The highest BCUT2D eigenvalue weighted by Crippen LogP contribution is 2.36. The number of ether oxygens (including phenoxy) is 1. The number of carbonyl (C=O) groups is 1. The van der Waals surface area contributed by atoms with Crippen LogP contribution in [0.3, 0.4) is 0 Å². The lowest BCUT2D eigenvalue weighted by atomic mass is 9.84. The molecule has 0 aromatic heterocycles. The molecule has 3 N–H and O–H groups in total. The van der Waals surface area contributed by atoms with Gasteiger partial charge in [0.15, 0.2) is 0 Å². The molecule has 3 rings (SSSR count). The largest absolute Gasteiger partial charge is 0.491 e. The molecule has 2 aliphatic rings. The van der Waals surface area contributed by atoms with E-state index in [-0.39, 0.29) is 23.4 Å². The maximum atomic E-state index is 11.2. The van der Waals surface area contributed by atoms with Crippen molar-refractivity contribution in [2.75, 3.05) is 6.61 Å². The van der Waals surface area contributed by atoms with Crippen LogP contribution in [0.25, 0.3) is 0 Å². The Labute approximate surface area is 149 Å². The summed E-state index contributed by atoms with van der Waals surface area (Å²) < 4.78 is 5.92. The Bertz CT molecular complexity index is 637. The number of hydrogen-bond acceptors (Lipinski definition) is 4. The molecule has 1 unspecified atom stereocenters. The molecular weight excluding hydrogens is 318 g/mol. The van der Waals surface area contributed by atoms with E-state index in [1.54, 1.807) is 0 Å². The molecule has 138 valence electrons. The molecule has 25 heavy (non-hydrogen) atoms. The van der Waals surface area contributed by atoms with Crippen LogP contribution in [0.15, 0.2) is 18.2 Å². The summed E-state index contributed by atoms with van der Waals surface area (Å²) in [6.07, 6.45) is 2.58. The minimum Gasteiger partial charge on any atom is -0.491 e. The summed E-state index contributed by atoms with van der Waals surface area (Å²) in [6, 6.07) is 5.94. The smallest absolute Gasteiger partial charge is 0.306 e. The lowest BCUT2D eigenvalue weighted by Gasteiger charge is -2.36. The first-order valence-electron chi connectivity index (χ1n) is 9.20. The van der Waals surface area contributed by atoms with Crippen molar-refractivity contribution in [3.05, 3.63) is 29.3 Å². The van der Waals surface area contributed by atoms with Crippen LogP contribution in [-0.4, -0.2) is 34.9 Å². The molecule has 1 aliphatic heterocycles. The van der Waals surface area contributed by atoms with E-state index in [1.807, 2.05) is 12.1 Å². The topological polar surface area (TPSA) is 78.8 Å². The normalized spacial score (nSPS) is 29.6. The summed E-state index contributed by atoms with van der Waals surface area (Å²) in [4.78, 5) is 11.2. The number of carboxylic acid groups (broad SMARTS) is 1. The molecule has 1 saturated carbocycles. The van der Waals surface area contributed by atoms with E-state index >= 15 is 0 Å². The van der Waals surface area contributed by atoms with Crippen molar-refractivity contribution in [2.45, 2.75) is 70.1 Å². The number of rotatable bonds is 3. The van der Waals surface area contributed by atoms with Crippen molar-refractivity contribution in [1.29, 1.82) is 0 Å². The fourth-order valence-corrected chi connectivity index (χ4v) is 3.87. The number of benzene rings is 1. The molecule has 0 radical (unpaired) electrons. The van der Waals surface area contributed by atoms with Crippen LogP contribution in [0, 0.1) is 5.92 Å². The molecule has 1 heterocycles. The molecule has 4 atom stereocenters. The van der Waals surface area contributed by atoms with Crippen molar-refractivity contribution in [1.82, 2.24) is 5.32 Å². The first-order chi connectivity index (χ1) is 11.8. The standard InChI is InChI=1S/C20H29NO4/c1-20(2,3)13-7-8-15-17(10-13)25-11-16(18(15)22)21-14-6-4-5-12(9-14)19(23)24/h7-8,10,12,14,16,18,21-22H,4-6,9,11H2,1-3H3,(H,23,24)/t12?,14-,16+,18-/m1/s1. The van der Waals surface area contributed by atoms with E-state index < -0.39 is 12.1 Å². The van der Waals surface area contributed by atoms with Crippen molar-refractivity contribution in [3.63, 3.8) is 0 Å². The molecule has 0 saturated heterocycles. The Morgan fingerprint density at radius 2 is 2.04 bits per heavy atom. The predicted molar refractivity (Wildman–Crippen MR) is 95.9 cm³/mol. The second-order valence-electron chi connectivity index (χ2n) is 8.43. The van der Waals surface area contributed by atoms with Crippen LogP contribution in [0.4, 0.5) is 0 Å². The second-order valence-corrected chi connectivity index (χ2v) is 8.43. The molecule has 1 aliphatic carbocycles. The number of nitrogens with one attached hydrogen (secondary N) is 1. The highest BCUT2D eigenvalue weighted by Gasteiger charge is 2.34. The second kappa shape index (κ2) is 6.96. The molecule has 1 aromatic carbocycles. The van der Waals surface area contributed by atoms with Crippen molar-refractivity contribution >= 4 is 5.97 Å². The number of aliphatic hydroxyl groups excluding tert-OH is 1. The summed E-state index contributed by atoms with van der Waals surface area (Å²) in [5.41, 5.74) is 2.02. The van der Waals surface area contributed by atoms with E-state index in [4.69, 9.17) is 4.74 Å². The predicted octanol–water partition coefficient (Wildman–Crippen LogP) is 3.01. The number of fused-ring (bicyclic) bond motifs is 1. The molecule has 0 amide bonds. The highest BCUT2D eigenvalue weighted by atomic mass is 16.5. The summed E-state index contributed by atoms with van der Waals surface area (Å²) in [5.74, 6) is -0.244. The van der Waals surface area contributed by atoms with E-state index in [1.165, 1.54) is 5.56 Å². The molecule has 0 bridgehead atoms. The zero-order valence-electron chi connectivity index (χ0n) is 15.3. The molecular formula is C20H29NO4. The minimum absolute atomic E-state index is 0.0341. The van der Waals surface area contributed by atoms with Gasteiger partial charge in [-0.05, 0) is 36.3 Å². The molecule has 1 aromatic rings. The van der Waals surface area contributed by atoms with Crippen LogP contribution < -0.4 is 10.1 Å². The molecule has 0 spiro atoms. The van der Waals surface area contributed by atoms with E-state index in [2.05, 4.69) is 32.2 Å². The van der Waals surface area contributed by atoms with Gasteiger partial charge in [-0.3, -0.25) is 4.79 Å². The zero-order valence-corrected chi connectivity index (χ0v) is 15.3. The van der Waals surface area contributed by atoms with Crippen molar-refractivity contribution in [2.24, 2.45) is 5.92 Å². The lowest BCUT2D eigenvalue weighted by molar-refractivity contribution is -0.143. The first kappa shape index (κ1) is 18.2. The van der Waals surface area contributed by atoms with Gasteiger partial charge in [0.2, 0.25) is 0 Å². The van der Waals surface area contributed by atoms with Gasteiger partial charge < -0.3 is 20.3 Å². The Hall–Kier alpha value is -1.59. The number of carboxylic acids is 1. The quantitative estimate of drug-likeness (QED) is 0.783. The van der Waals surface area contributed by atoms with Gasteiger partial charge in [-0.2, -0.15) is 0 Å². The maximum Gasteiger partial charge on any atom is 0.306 e. The molecule has 5 heteroatoms. The SMILES string of the molecule is CC(C)(C)c1ccc2c(c1)OC[C@H](N[C@@H]1CCCC(C(=O)O)C1)[C@@H]2O. The third-order valence-electron chi connectivity index (χ3n) is 5.47. The summed E-state index contributed by atoms with van der Waals surface area (Å²) in [6.45, 7) is 6.86. The van der Waals surface area contributed by atoms with E-state index in [0.29, 0.717) is 13.0 Å². The average Bonchev–Trinajstić information content (AvgIpc) is 2.56. The van der Waals surface area contributed by atoms with E-state index in [9.17, 15) is 15.0 Å². The third-order valence-corrected chi connectivity index (χ3v) is 5.47. The van der Waals surface area contributed by atoms with Crippen LogP contribution in [0.2, 0.25) is 0 Å². The van der Waals surface area contributed by atoms with Crippen LogP contribution in [0.5, 0.6) is 5.75 Å². The van der Waals surface area contributed by atoms with Crippen molar-refractivity contribution < 1.29 is 19.7 Å². The third kappa shape index (κ3) is 3.98. The first-order valence-corrected chi connectivity index (χ1v) is 9.20. The van der Waals surface area contributed by atoms with Crippen LogP contribution in [0.1, 0.15) is 63.7 Å². The highest BCUT2D eigenvalue weighted by molar-refractivity contribution is 5.70. The van der Waals surface area contributed by atoms with Crippen LogP contribution >= 0.6 is 0 Å². The number of hydrogen-bond donors (Lipinski definition) is 3. The van der Waals surface area contributed by atoms with Gasteiger partial charge in [-0.15, -0.1) is 0 Å². The van der Waals surface area contributed by atoms with Gasteiger partial charge in [-0.1, -0.05) is 39.3 Å². The Morgan fingerprint density at radius 3 is 2.72 bits per heavy atom. The molecule has 5 nitrogen and oxygen atoms in total.